The van der Waals surface area contributed by atoms with E-state index in [4.69, 9.17) is 0 Å². The van der Waals surface area contributed by atoms with Crippen molar-refractivity contribution < 1.29 is 0 Å². The average Bonchev–Trinajstić information content (AvgIpc) is 2.39. The maximum Gasteiger partial charge on any atom is 0.252 e. The number of hydrogen-bond acceptors (Lipinski definition) is 4. The summed E-state index contributed by atoms with van der Waals surface area (Å²) in [6, 6.07) is 1.59. The standard InChI is InChI=1S/C13H22N4O/c1-2-7-17(9-11-3-5-14-6-4-11)12-8-13(18)16-10-15-12/h8,10-11,14H,2-7,9H2,1H3,(H,15,16,18). The third kappa shape index (κ3) is 3.57. The van der Waals surface area contributed by atoms with Gasteiger partial charge in [0, 0.05) is 19.2 Å². The second-order valence-corrected chi connectivity index (χ2v) is 4.91. The van der Waals surface area contributed by atoms with E-state index in [1.54, 1.807) is 6.07 Å². The van der Waals surface area contributed by atoms with E-state index in [0.717, 1.165) is 38.4 Å². The molecule has 100 valence electrons. The first kappa shape index (κ1) is 13.1. The first-order valence-corrected chi connectivity index (χ1v) is 6.80. The van der Waals surface area contributed by atoms with Gasteiger partial charge in [-0.05, 0) is 38.3 Å². The molecule has 2 heterocycles. The Morgan fingerprint density at radius 3 is 2.89 bits per heavy atom. The molecule has 0 aliphatic carbocycles. The van der Waals surface area contributed by atoms with E-state index >= 15 is 0 Å². The maximum absolute atomic E-state index is 11.4. The number of anilines is 1. The van der Waals surface area contributed by atoms with Crippen LogP contribution in [-0.4, -0.2) is 36.1 Å². The quantitative estimate of drug-likeness (QED) is 0.818. The Kier molecular flexibility index (Phi) is 4.75. The van der Waals surface area contributed by atoms with Crippen molar-refractivity contribution >= 4 is 5.82 Å². The average molecular weight is 250 g/mol. The lowest BCUT2D eigenvalue weighted by Gasteiger charge is -2.30. The van der Waals surface area contributed by atoms with E-state index in [1.807, 2.05) is 0 Å². The Morgan fingerprint density at radius 1 is 1.44 bits per heavy atom. The lowest BCUT2D eigenvalue weighted by Crippen LogP contribution is -2.37. The van der Waals surface area contributed by atoms with E-state index < -0.39 is 0 Å². The molecule has 1 aromatic heterocycles. The number of aromatic nitrogens is 2. The molecular weight excluding hydrogens is 228 g/mol. The number of aromatic amines is 1. The first-order chi connectivity index (χ1) is 8.79. The maximum atomic E-state index is 11.4. The van der Waals surface area contributed by atoms with E-state index in [-0.39, 0.29) is 5.56 Å². The summed E-state index contributed by atoms with van der Waals surface area (Å²) < 4.78 is 0. The molecule has 5 heteroatoms. The Hall–Kier alpha value is -1.36. The summed E-state index contributed by atoms with van der Waals surface area (Å²) in [6.45, 7) is 6.33. The minimum Gasteiger partial charge on any atom is -0.356 e. The molecule has 5 nitrogen and oxygen atoms in total. The van der Waals surface area contributed by atoms with Gasteiger partial charge in [0.25, 0.3) is 5.56 Å². The Morgan fingerprint density at radius 2 is 2.22 bits per heavy atom. The smallest absolute Gasteiger partial charge is 0.252 e. The van der Waals surface area contributed by atoms with Gasteiger partial charge in [0.15, 0.2) is 0 Å². The zero-order chi connectivity index (χ0) is 12.8. The lowest BCUT2D eigenvalue weighted by molar-refractivity contribution is 0.372. The topological polar surface area (TPSA) is 61.0 Å². The van der Waals surface area contributed by atoms with E-state index in [2.05, 4.69) is 27.1 Å². The van der Waals surface area contributed by atoms with E-state index in [0.29, 0.717) is 5.92 Å². The third-order valence-electron chi connectivity index (χ3n) is 3.42. The Bertz CT molecular complexity index is 411. The number of piperidine rings is 1. The van der Waals surface area contributed by atoms with Crippen LogP contribution in [0.1, 0.15) is 26.2 Å². The van der Waals surface area contributed by atoms with E-state index in [1.165, 1.54) is 19.2 Å². The van der Waals surface area contributed by atoms with Crippen molar-refractivity contribution in [3.63, 3.8) is 0 Å². The molecule has 0 amide bonds. The molecule has 0 aromatic carbocycles. The van der Waals surface area contributed by atoms with Crippen molar-refractivity contribution in [2.24, 2.45) is 5.92 Å². The van der Waals surface area contributed by atoms with Crippen molar-refractivity contribution in [2.45, 2.75) is 26.2 Å². The number of hydrogen-bond donors (Lipinski definition) is 2. The molecule has 0 bridgehead atoms. The molecule has 0 saturated carbocycles. The monoisotopic (exact) mass is 250 g/mol. The fourth-order valence-corrected chi connectivity index (χ4v) is 2.48. The van der Waals surface area contributed by atoms with Gasteiger partial charge < -0.3 is 15.2 Å². The molecule has 0 spiro atoms. The van der Waals surface area contributed by atoms with E-state index in [9.17, 15) is 4.79 Å². The summed E-state index contributed by atoms with van der Waals surface area (Å²) in [4.78, 5) is 20.4. The molecule has 2 N–H and O–H groups in total. The summed E-state index contributed by atoms with van der Waals surface area (Å²) >= 11 is 0. The molecule has 2 rings (SSSR count). The highest BCUT2D eigenvalue weighted by molar-refractivity contribution is 5.36. The highest BCUT2D eigenvalue weighted by atomic mass is 16.1. The van der Waals surface area contributed by atoms with Crippen LogP contribution >= 0.6 is 0 Å². The van der Waals surface area contributed by atoms with Gasteiger partial charge in [-0.15, -0.1) is 0 Å². The van der Waals surface area contributed by atoms with Gasteiger partial charge in [0.05, 0.1) is 6.33 Å². The predicted molar refractivity (Wildman–Crippen MR) is 73.0 cm³/mol. The number of nitrogens with zero attached hydrogens (tertiary/aromatic N) is 2. The van der Waals surface area contributed by atoms with Gasteiger partial charge in [-0.1, -0.05) is 6.92 Å². The summed E-state index contributed by atoms with van der Waals surface area (Å²) in [5, 5.41) is 3.38. The van der Waals surface area contributed by atoms with Crippen LogP contribution in [0.25, 0.3) is 0 Å². The second kappa shape index (κ2) is 6.54. The van der Waals surface area contributed by atoms with Crippen LogP contribution < -0.4 is 15.8 Å². The van der Waals surface area contributed by atoms with Crippen molar-refractivity contribution in [1.82, 2.24) is 15.3 Å². The number of nitrogens with one attached hydrogen (secondary N) is 2. The normalized spacial score (nSPS) is 16.7. The van der Waals surface area contributed by atoms with Gasteiger partial charge in [-0.2, -0.15) is 0 Å². The summed E-state index contributed by atoms with van der Waals surface area (Å²) in [5.41, 5.74) is -0.0774. The van der Waals surface area contributed by atoms with Crippen LogP contribution in [0.5, 0.6) is 0 Å². The summed E-state index contributed by atoms with van der Waals surface area (Å²) in [7, 11) is 0. The SMILES string of the molecule is CCCN(CC1CCNCC1)c1cc(=O)[nH]cn1. The zero-order valence-electron chi connectivity index (χ0n) is 11.0. The molecular formula is C13H22N4O. The van der Waals surface area contributed by atoms with Crippen LogP contribution in [0.4, 0.5) is 5.82 Å². The Balaban J connectivity index is 2.04. The minimum atomic E-state index is -0.0774. The molecule has 1 fully saturated rings. The highest BCUT2D eigenvalue weighted by Crippen LogP contribution is 2.17. The zero-order valence-corrected chi connectivity index (χ0v) is 11.0. The summed E-state index contributed by atoms with van der Waals surface area (Å²) in [5.74, 6) is 1.51. The number of rotatable bonds is 5. The fraction of sp³-hybridized carbons (Fsp3) is 0.692. The highest BCUT2D eigenvalue weighted by Gasteiger charge is 2.17. The third-order valence-corrected chi connectivity index (χ3v) is 3.42. The Labute approximate surface area is 108 Å². The molecule has 1 aromatic rings. The summed E-state index contributed by atoms with van der Waals surface area (Å²) in [6.07, 6.45) is 4.98. The molecule has 1 aliphatic rings. The van der Waals surface area contributed by atoms with Gasteiger partial charge in [0.2, 0.25) is 0 Å². The molecule has 0 radical (unpaired) electrons. The van der Waals surface area contributed by atoms with Crippen LogP contribution in [0, 0.1) is 5.92 Å². The van der Waals surface area contributed by atoms with Crippen LogP contribution in [0.2, 0.25) is 0 Å². The fourth-order valence-electron chi connectivity index (χ4n) is 2.48. The van der Waals surface area contributed by atoms with Crippen molar-refractivity contribution in [3.8, 4) is 0 Å². The van der Waals surface area contributed by atoms with Gasteiger partial charge in [-0.25, -0.2) is 4.98 Å². The van der Waals surface area contributed by atoms with Crippen LogP contribution in [-0.2, 0) is 0 Å². The molecule has 1 saturated heterocycles. The first-order valence-electron chi connectivity index (χ1n) is 6.80. The van der Waals surface area contributed by atoms with Gasteiger partial charge in [0.1, 0.15) is 5.82 Å². The van der Waals surface area contributed by atoms with Crippen LogP contribution in [0.3, 0.4) is 0 Å². The molecule has 1 aliphatic heterocycles. The minimum absolute atomic E-state index is 0.0774. The van der Waals surface area contributed by atoms with Crippen molar-refractivity contribution in [2.75, 3.05) is 31.1 Å². The molecule has 18 heavy (non-hydrogen) atoms. The van der Waals surface area contributed by atoms with Crippen molar-refractivity contribution in [1.29, 1.82) is 0 Å². The van der Waals surface area contributed by atoms with Crippen LogP contribution in [0.15, 0.2) is 17.2 Å². The lowest BCUT2D eigenvalue weighted by atomic mass is 9.97. The largest absolute Gasteiger partial charge is 0.356 e. The number of H-pyrrole nitrogens is 1. The molecule has 0 unspecified atom stereocenters. The van der Waals surface area contributed by atoms with Crippen molar-refractivity contribution in [3.05, 3.63) is 22.7 Å². The second-order valence-electron chi connectivity index (χ2n) is 4.91. The van der Waals surface area contributed by atoms with Gasteiger partial charge >= 0.3 is 0 Å². The van der Waals surface area contributed by atoms with Gasteiger partial charge in [-0.3, -0.25) is 4.79 Å². The predicted octanol–water partition coefficient (Wildman–Crippen LogP) is 0.986. The molecule has 0 atom stereocenters.